The van der Waals surface area contributed by atoms with Crippen molar-refractivity contribution in [3.8, 4) is 5.75 Å². The van der Waals surface area contributed by atoms with Gasteiger partial charge in [-0.05, 0) is 52.8 Å². The van der Waals surface area contributed by atoms with Gasteiger partial charge < -0.3 is 15.0 Å². The lowest BCUT2D eigenvalue weighted by Crippen LogP contribution is -2.52. The zero-order valence-corrected chi connectivity index (χ0v) is 22.1. The highest BCUT2D eigenvalue weighted by Gasteiger charge is 2.30. The third-order valence-corrected chi connectivity index (χ3v) is 6.13. The minimum atomic E-state index is -0.759. The average molecular weight is 505 g/mol. The molecule has 196 valence electrons. The Balaban J connectivity index is 1.86. The van der Waals surface area contributed by atoms with Crippen LogP contribution >= 0.6 is 0 Å². The molecule has 0 aliphatic rings. The second-order valence-corrected chi connectivity index (χ2v) is 10.0. The monoisotopic (exact) mass is 504 g/mol. The molecule has 3 aromatic carbocycles. The Labute approximate surface area is 219 Å². The van der Waals surface area contributed by atoms with Crippen LogP contribution in [0.4, 0.5) is 4.39 Å². The second-order valence-electron chi connectivity index (χ2n) is 10.0. The van der Waals surface area contributed by atoms with Crippen LogP contribution in [0.5, 0.6) is 5.75 Å². The molecule has 0 bridgehead atoms. The smallest absolute Gasteiger partial charge is 0.261 e. The van der Waals surface area contributed by atoms with Crippen LogP contribution in [-0.4, -0.2) is 35.9 Å². The van der Waals surface area contributed by atoms with Crippen molar-refractivity contribution in [1.82, 2.24) is 10.2 Å². The van der Waals surface area contributed by atoms with E-state index in [1.807, 2.05) is 68.4 Å². The van der Waals surface area contributed by atoms with Gasteiger partial charge in [0.2, 0.25) is 5.91 Å². The van der Waals surface area contributed by atoms with Gasteiger partial charge >= 0.3 is 0 Å². The Morgan fingerprint density at radius 3 is 2.11 bits per heavy atom. The summed E-state index contributed by atoms with van der Waals surface area (Å²) in [6.07, 6.45) is 0.348. The van der Waals surface area contributed by atoms with Crippen LogP contribution in [0.1, 0.15) is 50.3 Å². The third-order valence-electron chi connectivity index (χ3n) is 6.13. The van der Waals surface area contributed by atoms with Gasteiger partial charge in [-0.25, -0.2) is 4.39 Å². The van der Waals surface area contributed by atoms with Crippen molar-refractivity contribution < 1.29 is 18.7 Å². The molecule has 6 heteroatoms. The highest BCUT2D eigenvalue weighted by molar-refractivity contribution is 5.88. The van der Waals surface area contributed by atoms with Crippen LogP contribution in [0.15, 0.2) is 78.9 Å². The molecule has 1 atom stereocenters. The van der Waals surface area contributed by atoms with Gasteiger partial charge in [0.1, 0.15) is 17.6 Å². The number of benzene rings is 3. The van der Waals surface area contributed by atoms with E-state index in [-0.39, 0.29) is 36.7 Å². The van der Waals surface area contributed by atoms with Gasteiger partial charge in [-0.15, -0.1) is 0 Å². The summed E-state index contributed by atoms with van der Waals surface area (Å²) in [6.45, 7) is 8.71. The van der Waals surface area contributed by atoms with Gasteiger partial charge in [-0.1, -0.05) is 82.3 Å². The number of nitrogens with zero attached hydrogens (tertiary/aromatic N) is 1. The number of nitrogens with one attached hydrogen (secondary N) is 1. The van der Waals surface area contributed by atoms with E-state index in [2.05, 4.69) is 19.2 Å². The molecule has 0 saturated carbocycles. The van der Waals surface area contributed by atoms with Gasteiger partial charge in [-0.2, -0.15) is 0 Å². The normalized spacial score (nSPS) is 11.9. The Morgan fingerprint density at radius 2 is 1.51 bits per heavy atom. The second kappa shape index (κ2) is 13.6. The molecular weight excluding hydrogens is 467 g/mol. The fourth-order valence-electron chi connectivity index (χ4n) is 3.94. The quantitative estimate of drug-likeness (QED) is 0.342. The first-order valence-corrected chi connectivity index (χ1v) is 12.8. The summed E-state index contributed by atoms with van der Waals surface area (Å²) in [4.78, 5) is 28.5. The first-order chi connectivity index (χ1) is 17.7. The Hall–Kier alpha value is -3.67. The molecule has 0 unspecified atom stereocenters. The number of carbonyl (C=O) groups is 2. The van der Waals surface area contributed by atoms with E-state index in [4.69, 9.17) is 4.74 Å². The van der Waals surface area contributed by atoms with E-state index >= 15 is 0 Å². The van der Waals surface area contributed by atoms with Crippen molar-refractivity contribution >= 4 is 11.8 Å². The zero-order chi connectivity index (χ0) is 26.8. The summed E-state index contributed by atoms with van der Waals surface area (Å²) in [5, 5.41) is 2.99. The Morgan fingerprint density at radius 1 is 0.865 bits per heavy atom. The molecule has 1 N–H and O–H groups in total. The SMILES string of the molecule is CC(C)CNC(=O)[C@@H](Cc1ccccc1)N(Cc1ccc(F)cc1)C(=O)COc1ccc(C(C)C)cc1. The largest absolute Gasteiger partial charge is 0.484 e. The Bertz CT molecular complexity index is 1130. The van der Waals surface area contributed by atoms with E-state index in [9.17, 15) is 14.0 Å². The van der Waals surface area contributed by atoms with E-state index in [1.165, 1.54) is 17.7 Å². The maximum atomic E-state index is 13.6. The molecule has 37 heavy (non-hydrogen) atoms. The first-order valence-electron chi connectivity index (χ1n) is 12.8. The third kappa shape index (κ3) is 8.74. The molecule has 0 saturated heterocycles. The van der Waals surface area contributed by atoms with Crippen molar-refractivity contribution in [2.75, 3.05) is 13.2 Å². The van der Waals surface area contributed by atoms with Crippen LogP contribution in [0.3, 0.4) is 0 Å². The van der Waals surface area contributed by atoms with Crippen LogP contribution in [0, 0.1) is 11.7 Å². The van der Waals surface area contributed by atoms with Crippen molar-refractivity contribution in [2.45, 2.75) is 52.6 Å². The summed E-state index contributed by atoms with van der Waals surface area (Å²) in [5.41, 5.74) is 2.85. The molecule has 3 rings (SSSR count). The van der Waals surface area contributed by atoms with Crippen LogP contribution in [0.2, 0.25) is 0 Å². The van der Waals surface area contributed by atoms with Crippen LogP contribution in [-0.2, 0) is 22.6 Å². The number of amides is 2. The molecular formula is C31H37FN2O3. The molecule has 0 heterocycles. The average Bonchev–Trinajstić information content (AvgIpc) is 2.89. The van der Waals surface area contributed by atoms with E-state index in [1.54, 1.807) is 17.0 Å². The van der Waals surface area contributed by atoms with Gasteiger partial charge in [0, 0.05) is 19.5 Å². The van der Waals surface area contributed by atoms with E-state index in [0.29, 0.717) is 24.6 Å². The van der Waals surface area contributed by atoms with E-state index < -0.39 is 6.04 Å². The lowest BCUT2D eigenvalue weighted by Gasteiger charge is -2.31. The molecule has 3 aromatic rings. The molecule has 0 aliphatic carbocycles. The predicted octanol–water partition coefficient (Wildman–Crippen LogP) is 5.74. The maximum Gasteiger partial charge on any atom is 0.261 e. The minimum Gasteiger partial charge on any atom is -0.484 e. The highest BCUT2D eigenvalue weighted by atomic mass is 19.1. The van der Waals surface area contributed by atoms with Crippen molar-refractivity contribution in [1.29, 1.82) is 0 Å². The number of halogens is 1. The predicted molar refractivity (Wildman–Crippen MR) is 145 cm³/mol. The maximum absolute atomic E-state index is 13.6. The molecule has 0 radical (unpaired) electrons. The number of ether oxygens (including phenoxy) is 1. The lowest BCUT2D eigenvalue weighted by molar-refractivity contribution is -0.142. The topological polar surface area (TPSA) is 58.6 Å². The van der Waals surface area contributed by atoms with Crippen molar-refractivity contribution in [3.63, 3.8) is 0 Å². The van der Waals surface area contributed by atoms with Gasteiger partial charge in [0.25, 0.3) is 5.91 Å². The van der Waals surface area contributed by atoms with Crippen molar-refractivity contribution in [3.05, 3.63) is 101 Å². The Kier molecular flexibility index (Phi) is 10.2. The molecule has 0 aromatic heterocycles. The van der Waals surface area contributed by atoms with Gasteiger partial charge in [-0.3, -0.25) is 9.59 Å². The summed E-state index contributed by atoms with van der Waals surface area (Å²) in [6, 6.07) is 22.5. The molecule has 0 aliphatic heterocycles. The summed E-state index contributed by atoms with van der Waals surface area (Å²) < 4.78 is 19.4. The molecule has 2 amide bonds. The fraction of sp³-hybridized carbons (Fsp3) is 0.355. The number of rotatable bonds is 12. The van der Waals surface area contributed by atoms with Gasteiger partial charge in [0.05, 0.1) is 0 Å². The summed E-state index contributed by atoms with van der Waals surface area (Å²) in [5.74, 6) is 0.338. The fourth-order valence-corrected chi connectivity index (χ4v) is 3.94. The molecule has 0 fully saturated rings. The molecule has 0 spiro atoms. The molecule has 5 nitrogen and oxygen atoms in total. The summed E-state index contributed by atoms with van der Waals surface area (Å²) >= 11 is 0. The summed E-state index contributed by atoms with van der Waals surface area (Å²) in [7, 11) is 0. The van der Waals surface area contributed by atoms with Crippen molar-refractivity contribution in [2.24, 2.45) is 5.92 Å². The minimum absolute atomic E-state index is 0.154. The first kappa shape index (κ1) is 27.9. The lowest BCUT2D eigenvalue weighted by atomic mass is 10.0. The highest BCUT2D eigenvalue weighted by Crippen LogP contribution is 2.20. The van der Waals surface area contributed by atoms with Gasteiger partial charge in [0.15, 0.2) is 6.61 Å². The van der Waals surface area contributed by atoms with Crippen LogP contribution in [0.25, 0.3) is 0 Å². The number of carbonyl (C=O) groups excluding carboxylic acids is 2. The standard InChI is InChI=1S/C31H37FN2O3/c1-22(2)19-33-31(36)29(18-24-8-6-5-7-9-24)34(20-25-10-14-27(32)15-11-25)30(35)21-37-28-16-12-26(13-17-28)23(3)4/h5-17,22-23,29H,18-21H2,1-4H3,(H,33,36)/t29-/m1/s1. The zero-order valence-electron chi connectivity index (χ0n) is 22.1. The number of hydrogen-bond acceptors (Lipinski definition) is 3. The van der Waals surface area contributed by atoms with E-state index in [0.717, 1.165) is 11.1 Å². The van der Waals surface area contributed by atoms with Crippen LogP contribution < -0.4 is 10.1 Å². The number of hydrogen-bond donors (Lipinski definition) is 1.